The molecule has 152 valence electrons. The number of rotatable bonds is 9. The molecule has 4 atom stereocenters. The van der Waals surface area contributed by atoms with Crippen molar-refractivity contribution in [3.05, 3.63) is 0 Å². The van der Waals surface area contributed by atoms with Crippen LogP contribution in [0.15, 0.2) is 0 Å². The van der Waals surface area contributed by atoms with Crippen LogP contribution in [0.1, 0.15) is 26.2 Å². The fraction of sp³-hybridized carbons (Fsp3) is 0.667. The Hall–Kier alpha value is -2.34. The largest absolute Gasteiger partial charge is 0.481 e. The SMILES string of the molecule is CC(N)C(=O)NC(CS)C(=O)NC(CC(=O)O)C(=O)N1CCCC1C(=O)O. The second-order valence-corrected chi connectivity index (χ2v) is 6.58. The fourth-order valence-corrected chi connectivity index (χ4v) is 2.89. The molecule has 1 rings (SSSR count). The number of nitrogens with one attached hydrogen (secondary N) is 2. The second-order valence-electron chi connectivity index (χ2n) is 6.22. The highest BCUT2D eigenvalue weighted by Gasteiger charge is 2.39. The van der Waals surface area contributed by atoms with E-state index in [-0.39, 0.29) is 18.7 Å². The monoisotopic (exact) mass is 404 g/mol. The third-order valence-corrected chi connectivity index (χ3v) is 4.41. The van der Waals surface area contributed by atoms with Gasteiger partial charge in [0.2, 0.25) is 17.7 Å². The molecular formula is C15H24N4O7S. The summed E-state index contributed by atoms with van der Waals surface area (Å²) in [4.78, 5) is 60.0. The van der Waals surface area contributed by atoms with Gasteiger partial charge in [0, 0.05) is 12.3 Å². The third kappa shape index (κ3) is 6.40. The van der Waals surface area contributed by atoms with Crippen LogP contribution < -0.4 is 16.4 Å². The third-order valence-electron chi connectivity index (χ3n) is 4.04. The lowest BCUT2D eigenvalue weighted by Gasteiger charge is -2.27. The quantitative estimate of drug-likeness (QED) is 0.234. The van der Waals surface area contributed by atoms with Crippen molar-refractivity contribution in [1.29, 1.82) is 0 Å². The maximum atomic E-state index is 12.6. The summed E-state index contributed by atoms with van der Waals surface area (Å²) in [5.41, 5.74) is 5.42. The molecule has 3 amide bonds. The first kappa shape index (κ1) is 22.7. The zero-order valence-electron chi connectivity index (χ0n) is 14.8. The van der Waals surface area contributed by atoms with Crippen LogP contribution in [0, 0.1) is 0 Å². The van der Waals surface area contributed by atoms with Crippen LogP contribution in [0.25, 0.3) is 0 Å². The van der Waals surface area contributed by atoms with Crippen molar-refractivity contribution >= 4 is 42.3 Å². The number of thiol groups is 1. The van der Waals surface area contributed by atoms with Gasteiger partial charge in [0.05, 0.1) is 12.5 Å². The van der Waals surface area contributed by atoms with Crippen molar-refractivity contribution in [3.63, 3.8) is 0 Å². The maximum Gasteiger partial charge on any atom is 0.326 e. The molecule has 1 heterocycles. The number of carboxylic acids is 2. The molecule has 12 heteroatoms. The van der Waals surface area contributed by atoms with Crippen molar-refractivity contribution < 1.29 is 34.2 Å². The van der Waals surface area contributed by atoms with Crippen molar-refractivity contribution in [2.45, 2.75) is 50.4 Å². The van der Waals surface area contributed by atoms with Crippen molar-refractivity contribution in [3.8, 4) is 0 Å². The fourth-order valence-electron chi connectivity index (χ4n) is 2.63. The van der Waals surface area contributed by atoms with Gasteiger partial charge in [-0.2, -0.15) is 12.6 Å². The number of carboxylic acid groups (broad SMARTS) is 2. The number of carbonyl (C=O) groups is 5. The Balaban J connectivity index is 2.91. The smallest absolute Gasteiger partial charge is 0.326 e. The molecule has 4 unspecified atom stereocenters. The summed E-state index contributed by atoms with van der Waals surface area (Å²) in [5.74, 6) is -4.88. The highest BCUT2D eigenvalue weighted by atomic mass is 32.1. The standard InChI is InChI=1S/C15H24N4O7S/c1-7(16)12(22)18-9(6-27)13(23)17-8(5-11(20)21)14(24)19-4-2-3-10(19)15(25)26/h7-10,27H,2-6,16H2,1H3,(H,17,23)(H,18,22)(H,20,21)(H,25,26). The van der Waals surface area contributed by atoms with E-state index in [1.807, 2.05) is 0 Å². The minimum absolute atomic E-state index is 0.111. The Bertz CT molecular complexity index is 613. The molecule has 1 aliphatic rings. The summed E-state index contributed by atoms with van der Waals surface area (Å²) >= 11 is 3.96. The zero-order valence-corrected chi connectivity index (χ0v) is 15.6. The van der Waals surface area contributed by atoms with E-state index in [0.29, 0.717) is 6.42 Å². The average Bonchev–Trinajstić information content (AvgIpc) is 3.07. The van der Waals surface area contributed by atoms with Gasteiger partial charge in [-0.25, -0.2) is 4.79 Å². The predicted octanol–water partition coefficient (Wildman–Crippen LogP) is -2.22. The number of likely N-dealkylation sites (tertiary alicyclic amines) is 1. The van der Waals surface area contributed by atoms with E-state index in [2.05, 4.69) is 23.3 Å². The van der Waals surface area contributed by atoms with Crippen molar-refractivity contribution in [2.75, 3.05) is 12.3 Å². The van der Waals surface area contributed by atoms with Crippen LogP contribution >= 0.6 is 12.6 Å². The number of nitrogens with two attached hydrogens (primary N) is 1. The number of amides is 3. The molecule has 1 fully saturated rings. The minimum atomic E-state index is -1.47. The van der Waals surface area contributed by atoms with Gasteiger partial charge < -0.3 is 31.5 Å². The summed E-state index contributed by atoms with van der Waals surface area (Å²) in [5, 5.41) is 22.8. The van der Waals surface area contributed by atoms with Crippen LogP contribution in [0.5, 0.6) is 0 Å². The molecule has 1 aliphatic heterocycles. The number of aliphatic carboxylic acids is 2. The van der Waals surface area contributed by atoms with Gasteiger partial charge in [0.1, 0.15) is 18.1 Å². The molecule has 0 bridgehead atoms. The minimum Gasteiger partial charge on any atom is -0.481 e. The molecule has 11 nitrogen and oxygen atoms in total. The number of carbonyl (C=O) groups excluding carboxylic acids is 3. The van der Waals surface area contributed by atoms with Gasteiger partial charge in [-0.05, 0) is 19.8 Å². The van der Waals surface area contributed by atoms with Gasteiger partial charge in [0.25, 0.3) is 0 Å². The van der Waals surface area contributed by atoms with Gasteiger partial charge in [-0.1, -0.05) is 0 Å². The van der Waals surface area contributed by atoms with Gasteiger partial charge >= 0.3 is 11.9 Å². The molecule has 1 saturated heterocycles. The first-order valence-electron chi connectivity index (χ1n) is 8.30. The molecule has 0 radical (unpaired) electrons. The molecule has 0 spiro atoms. The van der Waals surface area contributed by atoms with E-state index in [4.69, 9.17) is 10.8 Å². The Morgan fingerprint density at radius 2 is 1.74 bits per heavy atom. The Morgan fingerprint density at radius 1 is 1.15 bits per heavy atom. The first-order chi connectivity index (χ1) is 12.6. The predicted molar refractivity (Wildman–Crippen MR) is 96.0 cm³/mol. The topological polar surface area (TPSA) is 179 Å². The van der Waals surface area contributed by atoms with E-state index in [9.17, 15) is 29.1 Å². The van der Waals surface area contributed by atoms with Crippen LogP contribution in [0.4, 0.5) is 0 Å². The Morgan fingerprint density at radius 3 is 2.22 bits per heavy atom. The van der Waals surface area contributed by atoms with Crippen LogP contribution in [0.2, 0.25) is 0 Å². The van der Waals surface area contributed by atoms with Crippen LogP contribution in [-0.2, 0) is 24.0 Å². The number of hydrogen-bond acceptors (Lipinski definition) is 7. The molecule has 0 saturated carbocycles. The molecule has 27 heavy (non-hydrogen) atoms. The van der Waals surface area contributed by atoms with Crippen molar-refractivity contribution in [2.24, 2.45) is 5.73 Å². The van der Waals surface area contributed by atoms with Gasteiger partial charge in [0.15, 0.2) is 0 Å². The van der Waals surface area contributed by atoms with E-state index >= 15 is 0 Å². The second kappa shape index (κ2) is 10.1. The number of nitrogens with zero attached hydrogens (tertiary/aromatic N) is 1. The lowest BCUT2D eigenvalue weighted by atomic mass is 10.1. The maximum absolute atomic E-state index is 12.6. The highest BCUT2D eigenvalue weighted by molar-refractivity contribution is 7.80. The van der Waals surface area contributed by atoms with E-state index in [1.165, 1.54) is 6.92 Å². The summed E-state index contributed by atoms with van der Waals surface area (Å²) < 4.78 is 0. The lowest BCUT2D eigenvalue weighted by molar-refractivity contribution is -0.150. The highest BCUT2D eigenvalue weighted by Crippen LogP contribution is 2.19. The normalized spacial score (nSPS) is 19.7. The Kier molecular flexibility index (Phi) is 8.50. The molecular weight excluding hydrogens is 380 g/mol. The summed E-state index contributed by atoms with van der Waals surface area (Å²) in [6.45, 7) is 1.57. The molecule has 6 N–H and O–H groups in total. The lowest BCUT2D eigenvalue weighted by Crippen LogP contribution is -2.57. The summed E-state index contributed by atoms with van der Waals surface area (Å²) in [6.07, 6.45) is -0.0212. The van der Waals surface area contributed by atoms with E-state index < -0.39 is 60.2 Å². The molecule has 0 aliphatic carbocycles. The molecule has 0 aromatic rings. The molecule has 0 aromatic heterocycles. The zero-order chi connectivity index (χ0) is 20.7. The first-order valence-corrected chi connectivity index (χ1v) is 8.94. The van der Waals surface area contributed by atoms with E-state index in [1.54, 1.807) is 0 Å². The van der Waals surface area contributed by atoms with Crippen LogP contribution in [-0.4, -0.2) is 81.2 Å². The Labute approximate surface area is 161 Å². The van der Waals surface area contributed by atoms with Crippen molar-refractivity contribution in [1.82, 2.24) is 15.5 Å². The van der Waals surface area contributed by atoms with Crippen LogP contribution in [0.3, 0.4) is 0 Å². The average molecular weight is 404 g/mol. The summed E-state index contributed by atoms with van der Waals surface area (Å²) in [7, 11) is 0. The molecule has 0 aromatic carbocycles. The number of hydrogen-bond donors (Lipinski definition) is 6. The van der Waals surface area contributed by atoms with Gasteiger partial charge in [-0.3, -0.25) is 19.2 Å². The summed E-state index contributed by atoms with van der Waals surface area (Å²) in [6, 6.07) is -4.55. The van der Waals surface area contributed by atoms with Gasteiger partial charge in [-0.15, -0.1) is 0 Å². The van der Waals surface area contributed by atoms with E-state index in [0.717, 1.165) is 4.90 Å².